The Labute approximate surface area is 150 Å². The maximum absolute atomic E-state index is 12.3. The van der Waals surface area contributed by atoms with Crippen molar-refractivity contribution in [2.75, 3.05) is 0 Å². The average Bonchev–Trinajstić information content (AvgIpc) is 2.80. The predicted molar refractivity (Wildman–Crippen MR) is 95.1 cm³/mol. The normalized spacial score (nSPS) is 30.3. The minimum absolute atomic E-state index is 0. The standard InChI is InChI=1S/C17H24N2O2.2ClH/c1-16(2)12-6-7-17(16,3)14(8-12)21-15(20)11-4-5-13(9-18)19-10-11;;/h4-5,10,12,14H,6-9,18H2,1-3H3;2*1H/t12-,14+,17+;;/m0../s1. The molecule has 0 aromatic carbocycles. The number of nitrogens with two attached hydrogens (primary N) is 1. The zero-order chi connectivity index (χ0) is 15.3. The molecule has 0 unspecified atom stereocenters. The van der Waals surface area contributed by atoms with Gasteiger partial charge in [-0.05, 0) is 42.7 Å². The lowest BCUT2D eigenvalue weighted by Gasteiger charge is -2.38. The van der Waals surface area contributed by atoms with Gasteiger partial charge in [0, 0.05) is 18.2 Å². The molecule has 1 aromatic rings. The number of carbonyl (C=O) groups is 1. The number of esters is 1. The van der Waals surface area contributed by atoms with Gasteiger partial charge >= 0.3 is 5.97 Å². The van der Waals surface area contributed by atoms with Crippen LogP contribution in [0.25, 0.3) is 0 Å². The van der Waals surface area contributed by atoms with E-state index in [1.165, 1.54) is 6.42 Å². The van der Waals surface area contributed by atoms with Gasteiger partial charge in [-0.15, -0.1) is 24.8 Å². The first-order chi connectivity index (χ1) is 9.88. The van der Waals surface area contributed by atoms with Crippen molar-refractivity contribution in [1.82, 2.24) is 4.98 Å². The van der Waals surface area contributed by atoms with Crippen LogP contribution in [0.1, 0.15) is 56.1 Å². The summed E-state index contributed by atoms with van der Waals surface area (Å²) in [5, 5.41) is 0. The van der Waals surface area contributed by atoms with E-state index in [9.17, 15) is 4.79 Å². The van der Waals surface area contributed by atoms with E-state index in [2.05, 4.69) is 25.8 Å². The Balaban J connectivity index is 0.00000132. The zero-order valence-electron chi connectivity index (χ0n) is 13.9. The third-order valence-corrected chi connectivity index (χ3v) is 6.23. The predicted octanol–water partition coefficient (Wildman–Crippen LogP) is 3.76. The first kappa shape index (κ1) is 20.2. The smallest absolute Gasteiger partial charge is 0.339 e. The van der Waals surface area contributed by atoms with Crippen LogP contribution in [0.5, 0.6) is 0 Å². The van der Waals surface area contributed by atoms with E-state index < -0.39 is 0 Å². The molecule has 0 aliphatic heterocycles. The summed E-state index contributed by atoms with van der Waals surface area (Å²) in [5.74, 6) is 0.402. The van der Waals surface area contributed by atoms with Gasteiger partial charge in [0.25, 0.3) is 0 Å². The van der Waals surface area contributed by atoms with E-state index in [1.54, 1.807) is 18.3 Å². The Kier molecular flexibility index (Phi) is 6.11. The van der Waals surface area contributed by atoms with Gasteiger partial charge in [0.2, 0.25) is 0 Å². The Bertz CT molecular complexity index is 562. The molecule has 130 valence electrons. The Morgan fingerprint density at radius 3 is 2.48 bits per heavy atom. The molecule has 2 bridgehead atoms. The van der Waals surface area contributed by atoms with Crippen molar-refractivity contribution in [2.24, 2.45) is 22.5 Å². The summed E-state index contributed by atoms with van der Waals surface area (Å²) < 4.78 is 5.83. The fraction of sp³-hybridized carbons (Fsp3) is 0.647. The molecule has 2 aliphatic carbocycles. The van der Waals surface area contributed by atoms with Gasteiger partial charge < -0.3 is 10.5 Å². The molecule has 4 nitrogen and oxygen atoms in total. The number of hydrogen-bond donors (Lipinski definition) is 1. The Hall–Kier alpha value is -0.840. The molecule has 0 amide bonds. The van der Waals surface area contributed by atoms with Crippen molar-refractivity contribution in [3.63, 3.8) is 0 Å². The fourth-order valence-electron chi connectivity index (χ4n) is 4.17. The number of nitrogens with zero attached hydrogens (tertiary/aromatic N) is 1. The first-order valence-electron chi connectivity index (χ1n) is 7.74. The monoisotopic (exact) mass is 360 g/mol. The molecular formula is C17H26Cl2N2O2. The number of rotatable bonds is 3. The number of aromatic nitrogens is 1. The molecule has 23 heavy (non-hydrogen) atoms. The van der Waals surface area contributed by atoms with Gasteiger partial charge in [-0.25, -0.2) is 4.79 Å². The topological polar surface area (TPSA) is 65.2 Å². The summed E-state index contributed by atoms with van der Waals surface area (Å²) in [6.07, 6.45) is 4.97. The van der Waals surface area contributed by atoms with E-state index >= 15 is 0 Å². The summed E-state index contributed by atoms with van der Waals surface area (Å²) in [7, 11) is 0. The van der Waals surface area contributed by atoms with Crippen molar-refractivity contribution in [2.45, 2.75) is 52.7 Å². The Morgan fingerprint density at radius 2 is 2.04 bits per heavy atom. The SMILES string of the molecule is CC1(C)[C@H]2CC[C@]1(C)[C@H](OC(=O)c1ccc(CN)nc1)C2.Cl.Cl. The van der Waals surface area contributed by atoms with E-state index in [1.807, 2.05) is 0 Å². The third kappa shape index (κ3) is 3.09. The van der Waals surface area contributed by atoms with Crippen LogP contribution >= 0.6 is 24.8 Å². The fourth-order valence-corrected chi connectivity index (χ4v) is 4.17. The second-order valence-electron chi connectivity index (χ2n) is 7.25. The highest BCUT2D eigenvalue weighted by molar-refractivity contribution is 5.89. The van der Waals surface area contributed by atoms with Crippen molar-refractivity contribution >= 4 is 30.8 Å². The third-order valence-electron chi connectivity index (χ3n) is 6.23. The van der Waals surface area contributed by atoms with Gasteiger partial charge in [-0.2, -0.15) is 0 Å². The minimum atomic E-state index is -0.263. The van der Waals surface area contributed by atoms with Crippen LogP contribution in [0.15, 0.2) is 18.3 Å². The molecule has 2 N–H and O–H groups in total. The van der Waals surface area contributed by atoms with Gasteiger partial charge in [0.15, 0.2) is 0 Å². The van der Waals surface area contributed by atoms with E-state index in [4.69, 9.17) is 10.5 Å². The molecule has 1 aromatic heterocycles. The Morgan fingerprint density at radius 1 is 1.35 bits per heavy atom. The number of ether oxygens (including phenoxy) is 1. The lowest BCUT2D eigenvalue weighted by atomic mass is 9.70. The highest BCUT2D eigenvalue weighted by Gasteiger charge is 2.62. The number of pyridine rings is 1. The summed E-state index contributed by atoms with van der Waals surface area (Å²) >= 11 is 0. The summed E-state index contributed by atoms with van der Waals surface area (Å²) in [5.41, 5.74) is 7.15. The highest BCUT2D eigenvalue weighted by Crippen LogP contribution is 2.66. The molecule has 2 fully saturated rings. The van der Waals surface area contributed by atoms with Crippen LogP contribution in [0, 0.1) is 16.7 Å². The lowest BCUT2D eigenvalue weighted by molar-refractivity contribution is -0.0242. The second-order valence-corrected chi connectivity index (χ2v) is 7.25. The molecule has 0 radical (unpaired) electrons. The van der Waals surface area contributed by atoms with Crippen molar-refractivity contribution in [1.29, 1.82) is 0 Å². The van der Waals surface area contributed by atoms with E-state index in [-0.39, 0.29) is 47.7 Å². The second kappa shape index (κ2) is 6.96. The summed E-state index contributed by atoms with van der Waals surface area (Å²) in [4.78, 5) is 16.5. The van der Waals surface area contributed by atoms with Gasteiger partial charge in [-0.3, -0.25) is 4.98 Å². The molecule has 3 rings (SSSR count). The van der Waals surface area contributed by atoms with Crippen LogP contribution < -0.4 is 5.73 Å². The van der Waals surface area contributed by atoms with Crippen LogP contribution in [0.2, 0.25) is 0 Å². The summed E-state index contributed by atoms with van der Waals surface area (Å²) in [6, 6.07) is 3.53. The molecule has 1 heterocycles. The first-order valence-corrected chi connectivity index (χ1v) is 7.74. The van der Waals surface area contributed by atoms with Crippen LogP contribution in [0.4, 0.5) is 0 Å². The largest absolute Gasteiger partial charge is 0.458 e. The molecular weight excluding hydrogens is 335 g/mol. The van der Waals surface area contributed by atoms with Crippen LogP contribution in [-0.4, -0.2) is 17.1 Å². The molecule has 2 aliphatic rings. The molecule has 6 heteroatoms. The number of hydrogen-bond acceptors (Lipinski definition) is 4. The minimum Gasteiger partial charge on any atom is -0.458 e. The van der Waals surface area contributed by atoms with Crippen molar-refractivity contribution in [3.05, 3.63) is 29.6 Å². The van der Waals surface area contributed by atoms with Gasteiger partial charge in [0.1, 0.15) is 6.10 Å². The molecule has 3 atom stereocenters. The van der Waals surface area contributed by atoms with Crippen LogP contribution in [0.3, 0.4) is 0 Å². The van der Waals surface area contributed by atoms with Crippen LogP contribution in [-0.2, 0) is 11.3 Å². The zero-order valence-corrected chi connectivity index (χ0v) is 15.5. The highest BCUT2D eigenvalue weighted by atomic mass is 35.5. The van der Waals surface area contributed by atoms with Crippen molar-refractivity contribution in [3.8, 4) is 0 Å². The van der Waals surface area contributed by atoms with E-state index in [0.29, 0.717) is 18.0 Å². The number of fused-ring (bicyclic) bond motifs is 2. The molecule has 2 saturated carbocycles. The molecule has 0 saturated heterocycles. The van der Waals surface area contributed by atoms with E-state index in [0.717, 1.165) is 18.5 Å². The number of carbonyl (C=O) groups excluding carboxylic acids is 1. The quantitative estimate of drug-likeness (QED) is 0.833. The molecule has 0 spiro atoms. The number of halogens is 2. The van der Waals surface area contributed by atoms with Gasteiger partial charge in [-0.1, -0.05) is 20.8 Å². The summed E-state index contributed by atoms with van der Waals surface area (Å²) in [6.45, 7) is 7.28. The van der Waals surface area contributed by atoms with Gasteiger partial charge in [0.05, 0.1) is 11.3 Å². The van der Waals surface area contributed by atoms with Crippen molar-refractivity contribution < 1.29 is 9.53 Å². The maximum Gasteiger partial charge on any atom is 0.339 e. The maximum atomic E-state index is 12.3. The lowest BCUT2D eigenvalue weighted by Crippen LogP contribution is -2.38. The average molecular weight is 361 g/mol.